The third kappa shape index (κ3) is 6.68. The monoisotopic (exact) mass is 506 g/mol. The third-order valence-electron chi connectivity index (χ3n) is 5.55. The molecule has 0 fully saturated rings. The molecular weight excluding hydrogens is 480 g/mol. The molecule has 35 heavy (non-hydrogen) atoms. The zero-order valence-corrected chi connectivity index (χ0v) is 21.2. The maximum atomic E-state index is 12.7. The van der Waals surface area contributed by atoms with Crippen molar-refractivity contribution in [2.45, 2.75) is 32.1 Å². The van der Waals surface area contributed by atoms with Crippen LogP contribution in [0.1, 0.15) is 35.4 Å². The van der Waals surface area contributed by atoms with Crippen LogP contribution in [0.5, 0.6) is 0 Å². The summed E-state index contributed by atoms with van der Waals surface area (Å²) >= 11 is 8.11. The van der Waals surface area contributed by atoms with Crippen molar-refractivity contribution < 1.29 is 14.1 Å². The van der Waals surface area contributed by atoms with Gasteiger partial charge in [-0.15, -0.1) is 0 Å². The maximum absolute atomic E-state index is 12.7. The highest BCUT2D eigenvalue weighted by Gasteiger charge is 2.20. The van der Waals surface area contributed by atoms with Crippen molar-refractivity contribution in [1.82, 2.24) is 5.16 Å². The summed E-state index contributed by atoms with van der Waals surface area (Å²) in [4.78, 5) is 12.7. The number of ether oxygens (including phenoxy) is 1. The highest BCUT2D eigenvalue weighted by atomic mass is 35.5. The highest BCUT2D eigenvalue weighted by Crippen LogP contribution is 2.33. The molecule has 4 rings (SSSR count). The number of rotatable bonds is 9. The van der Waals surface area contributed by atoms with Crippen molar-refractivity contribution >= 4 is 35.1 Å². The Labute approximate surface area is 214 Å². The molecule has 0 aliphatic rings. The largest absolute Gasteiger partial charge is 0.441 e. The van der Waals surface area contributed by atoms with Crippen LogP contribution in [0.3, 0.4) is 0 Å². The summed E-state index contributed by atoms with van der Waals surface area (Å²) in [5.74, 6) is 2.42. The van der Waals surface area contributed by atoms with Gasteiger partial charge in [0.2, 0.25) is 0 Å². The predicted molar refractivity (Wildman–Crippen MR) is 143 cm³/mol. The van der Waals surface area contributed by atoms with Gasteiger partial charge in [-0.25, -0.2) is 4.79 Å². The number of benzene rings is 3. The average molecular weight is 507 g/mol. The van der Waals surface area contributed by atoms with Gasteiger partial charge in [0.05, 0.1) is 0 Å². The van der Waals surface area contributed by atoms with Crippen molar-refractivity contribution in [3.05, 3.63) is 106 Å². The van der Waals surface area contributed by atoms with E-state index in [0.717, 1.165) is 29.1 Å². The van der Waals surface area contributed by atoms with Gasteiger partial charge < -0.3 is 9.26 Å². The number of thioether (sulfide) groups is 1. The first-order valence-corrected chi connectivity index (χ1v) is 12.9. The number of carbonyl (C=O) groups excluding carboxylic acids is 1. The molecule has 180 valence electrons. The first-order valence-electron chi connectivity index (χ1n) is 11.4. The molecular formula is C28H27ClN2O3S. The van der Waals surface area contributed by atoms with Crippen molar-refractivity contribution in [2.75, 3.05) is 11.1 Å². The molecule has 7 heteroatoms. The Morgan fingerprint density at radius 2 is 1.80 bits per heavy atom. The zero-order valence-electron chi connectivity index (χ0n) is 19.7. The number of carbonyl (C=O) groups is 1. The van der Waals surface area contributed by atoms with Crippen LogP contribution in [0.2, 0.25) is 5.02 Å². The van der Waals surface area contributed by atoms with E-state index in [1.54, 1.807) is 19.9 Å². The fraction of sp³-hybridized carbons (Fsp3) is 0.214. The Hall–Kier alpha value is -3.22. The molecule has 1 atom stereocenters. The molecule has 0 radical (unpaired) electrons. The lowest BCUT2D eigenvalue weighted by molar-refractivity contribution is 0.121. The number of amides is 1. The van der Waals surface area contributed by atoms with Gasteiger partial charge >= 0.3 is 6.09 Å². The average Bonchev–Trinajstić information content (AvgIpc) is 3.22. The van der Waals surface area contributed by atoms with E-state index >= 15 is 0 Å². The first-order chi connectivity index (χ1) is 17.0. The molecule has 0 aliphatic heterocycles. The number of hydrogen-bond acceptors (Lipinski definition) is 5. The molecule has 0 bridgehead atoms. The number of nitrogens with one attached hydrogen (secondary N) is 1. The predicted octanol–water partition coefficient (Wildman–Crippen LogP) is 8.09. The molecule has 1 amide bonds. The molecule has 1 N–H and O–H groups in total. The summed E-state index contributed by atoms with van der Waals surface area (Å²) in [6.07, 6.45) is -0.0731. The minimum Gasteiger partial charge on any atom is -0.441 e. The fourth-order valence-electron chi connectivity index (χ4n) is 3.70. The molecule has 1 unspecified atom stereocenters. The van der Waals surface area contributed by atoms with Gasteiger partial charge in [0, 0.05) is 21.9 Å². The fourth-order valence-corrected chi connectivity index (χ4v) is 4.93. The van der Waals surface area contributed by atoms with Crippen LogP contribution in [0, 0.1) is 6.92 Å². The third-order valence-corrected chi connectivity index (χ3v) is 6.93. The second kappa shape index (κ2) is 12.0. The van der Waals surface area contributed by atoms with Crippen molar-refractivity contribution in [2.24, 2.45) is 0 Å². The SMILES string of the molecule is Cc1noc(-c2cccc(CSCCc3ccccc3)c2)c1NC(=O)OC(C)c1ccccc1Cl. The van der Waals surface area contributed by atoms with Crippen LogP contribution in [0.4, 0.5) is 10.5 Å². The van der Waals surface area contributed by atoms with Gasteiger partial charge in [-0.3, -0.25) is 5.32 Å². The Balaban J connectivity index is 1.39. The molecule has 0 saturated carbocycles. The summed E-state index contributed by atoms with van der Waals surface area (Å²) < 4.78 is 11.1. The Kier molecular flexibility index (Phi) is 8.50. The molecule has 0 saturated heterocycles. The maximum Gasteiger partial charge on any atom is 0.412 e. The van der Waals surface area contributed by atoms with E-state index in [-0.39, 0.29) is 0 Å². The lowest BCUT2D eigenvalue weighted by Crippen LogP contribution is -2.17. The van der Waals surface area contributed by atoms with E-state index in [0.29, 0.717) is 22.2 Å². The molecule has 1 aromatic heterocycles. The van der Waals surface area contributed by atoms with Crippen LogP contribution in [-0.2, 0) is 16.9 Å². The van der Waals surface area contributed by atoms with Crippen molar-refractivity contribution in [1.29, 1.82) is 0 Å². The second-order valence-corrected chi connectivity index (χ2v) is 9.67. The number of anilines is 1. The molecule has 0 spiro atoms. The van der Waals surface area contributed by atoms with Gasteiger partial charge in [0.1, 0.15) is 17.5 Å². The first kappa shape index (κ1) is 24.9. The van der Waals surface area contributed by atoms with Gasteiger partial charge in [-0.1, -0.05) is 83.5 Å². The van der Waals surface area contributed by atoms with E-state index in [4.69, 9.17) is 20.9 Å². The molecule has 4 aromatic rings. The van der Waals surface area contributed by atoms with E-state index in [1.807, 2.05) is 48.2 Å². The lowest BCUT2D eigenvalue weighted by atomic mass is 10.1. The number of nitrogens with zero attached hydrogens (tertiary/aromatic N) is 1. The highest BCUT2D eigenvalue weighted by molar-refractivity contribution is 7.98. The Morgan fingerprint density at radius 3 is 2.60 bits per heavy atom. The number of aryl methyl sites for hydroxylation is 2. The minimum atomic E-state index is -0.599. The number of hydrogen-bond donors (Lipinski definition) is 1. The van der Waals surface area contributed by atoms with Crippen molar-refractivity contribution in [3.8, 4) is 11.3 Å². The summed E-state index contributed by atoms with van der Waals surface area (Å²) in [7, 11) is 0. The minimum absolute atomic E-state index is 0.496. The summed E-state index contributed by atoms with van der Waals surface area (Å²) in [5, 5.41) is 7.42. The van der Waals surface area contributed by atoms with E-state index < -0.39 is 12.2 Å². The van der Waals surface area contributed by atoms with E-state index in [9.17, 15) is 4.79 Å². The second-order valence-electron chi connectivity index (χ2n) is 8.15. The van der Waals surface area contributed by atoms with Crippen LogP contribution in [0.25, 0.3) is 11.3 Å². The quantitative estimate of drug-likeness (QED) is 0.232. The molecule has 0 aliphatic carbocycles. The summed E-state index contributed by atoms with van der Waals surface area (Å²) in [6.45, 7) is 3.56. The zero-order chi connectivity index (χ0) is 24.6. The summed E-state index contributed by atoms with van der Waals surface area (Å²) in [6, 6.07) is 25.9. The van der Waals surface area contributed by atoms with Crippen LogP contribution in [0.15, 0.2) is 83.4 Å². The van der Waals surface area contributed by atoms with E-state index in [2.05, 4.69) is 46.9 Å². The van der Waals surface area contributed by atoms with Crippen LogP contribution < -0.4 is 5.32 Å². The molecule has 5 nitrogen and oxygen atoms in total. The van der Waals surface area contributed by atoms with Gasteiger partial charge in [0.25, 0.3) is 0 Å². The van der Waals surface area contributed by atoms with Crippen molar-refractivity contribution in [3.63, 3.8) is 0 Å². The van der Waals surface area contributed by atoms with E-state index in [1.165, 1.54) is 11.1 Å². The van der Waals surface area contributed by atoms with Gasteiger partial charge in [0.15, 0.2) is 5.76 Å². The lowest BCUT2D eigenvalue weighted by Gasteiger charge is -2.15. The smallest absolute Gasteiger partial charge is 0.412 e. The number of halogens is 1. The topological polar surface area (TPSA) is 64.4 Å². The Morgan fingerprint density at radius 1 is 1.06 bits per heavy atom. The van der Waals surface area contributed by atoms with Gasteiger partial charge in [-0.05, 0) is 49.3 Å². The molecule has 3 aromatic carbocycles. The number of aromatic nitrogens is 1. The van der Waals surface area contributed by atoms with Crippen LogP contribution >= 0.6 is 23.4 Å². The summed E-state index contributed by atoms with van der Waals surface area (Å²) in [5.41, 5.74) is 5.18. The Bertz CT molecular complexity index is 1280. The normalized spacial score (nSPS) is 11.7. The van der Waals surface area contributed by atoms with Crippen LogP contribution in [-0.4, -0.2) is 17.0 Å². The van der Waals surface area contributed by atoms with Gasteiger partial charge in [-0.2, -0.15) is 11.8 Å². The standard InChI is InChI=1S/C28H27ClN2O3S/c1-19-26(30-28(32)33-20(2)24-13-6-7-14-25(24)29)27(34-31-19)23-12-8-11-22(17-23)18-35-16-15-21-9-4-3-5-10-21/h3-14,17,20H,15-16,18H2,1-2H3,(H,30,32). The molecule has 1 heterocycles.